The Bertz CT molecular complexity index is 652. The van der Waals surface area contributed by atoms with Gasteiger partial charge in [0.25, 0.3) is 0 Å². The molecule has 11 nitrogen and oxygen atoms in total. The van der Waals surface area contributed by atoms with E-state index in [1.165, 1.54) is 11.8 Å². The number of carboxylic acid groups (broad SMARTS) is 2. The first-order valence-corrected chi connectivity index (χ1v) is 9.55. The third-order valence-electron chi connectivity index (χ3n) is 4.62. The molecule has 1 aliphatic rings. The van der Waals surface area contributed by atoms with Crippen molar-refractivity contribution in [2.24, 2.45) is 11.7 Å². The molecule has 0 aromatic heterocycles. The summed E-state index contributed by atoms with van der Waals surface area (Å²) in [5.74, 6) is -4.19. The molecular weight excluding hydrogens is 384 g/mol. The lowest BCUT2D eigenvalue weighted by Crippen LogP contribution is -2.57. The first-order valence-electron chi connectivity index (χ1n) is 9.55. The van der Waals surface area contributed by atoms with Gasteiger partial charge in [-0.05, 0) is 32.1 Å². The van der Waals surface area contributed by atoms with E-state index in [0.29, 0.717) is 19.4 Å². The fourth-order valence-corrected chi connectivity index (χ4v) is 3.13. The Hall–Kier alpha value is -2.69. The molecule has 0 aromatic carbocycles. The summed E-state index contributed by atoms with van der Waals surface area (Å²) in [6.45, 7) is 5.33. The summed E-state index contributed by atoms with van der Waals surface area (Å²) in [7, 11) is 0. The van der Waals surface area contributed by atoms with Crippen molar-refractivity contribution >= 4 is 29.7 Å². The van der Waals surface area contributed by atoms with E-state index in [4.69, 9.17) is 15.9 Å². The van der Waals surface area contributed by atoms with Crippen LogP contribution in [0.15, 0.2) is 0 Å². The molecule has 0 aromatic rings. The highest BCUT2D eigenvalue weighted by Gasteiger charge is 2.38. The molecule has 6 N–H and O–H groups in total. The first kappa shape index (κ1) is 24.3. The molecule has 1 aliphatic heterocycles. The van der Waals surface area contributed by atoms with Crippen molar-refractivity contribution in [3.05, 3.63) is 0 Å². The van der Waals surface area contributed by atoms with E-state index in [9.17, 15) is 24.0 Å². The van der Waals surface area contributed by atoms with Gasteiger partial charge in [0.2, 0.25) is 17.7 Å². The molecule has 11 heteroatoms. The zero-order valence-corrected chi connectivity index (χ0v) is 16.9. The van der Waals surface area contributed by atoms with Crippen molar-refractivity contribution in [3.63, 3.8) is 0 Å². The number of hydrogen-bond acceptors (Lipinski definition) is 6. The van der Waals surface area contributed by atoms with Gasteiger partial charge in [0.1, 0.15) is 18.1 Å². The second kappa shape index (κ2) is 10.7. The van der Waals surface area contributed by atoms with Gasteiger partial charge >= 0.3 is 11.9 Å². The van der Waals surface area contributed by atoms with Crippen molar-refractivity contribution in [1.82, 2.24) is 15.5 Å². The predicted molar refractivity (Wildman–Crippen MR) is 102 cm³/mol. The maximum atomic E-state index is 13.1. The number of aliphatic carboxylic acids is 2. The molecule has 1 saturated heterocycles. The number of carbonyl (C=O) groups excluding carboxylic acids is 3. The van der Waals surface area contributed by atoms with Crippen LogP contribution < -0.4 is 16.4 Å². The largest absolute Gasteiger partial charge is 0.481 e. The molecule has 0 bridgehead atoms. The molecule has 0 radical (unpaired) electrons. The van der Waals surface area contributed by atoms with Gasteiger partial charge in [0.15, 0.2) is 0 Å². The Morgan fingerprint density at radius 3 is 2.24 bits per heavy atom. The number of nitrogens with zero attached hydrogens (tertiary/aromatic N) is 1. The Labute approximate surface area is 169 Å². The van der Waals surface area contributed by atoms with Crippen molar-refractivity contribution in [2.45, 2.75) is 70.6 Å². The molecule has 164 valence electrons. The third-order valence-corrected chi connectivity index (χ3v) is 4.62. The van der Waals surface area contributed by atoms with Crippen molar-refractivity contribution in [3.8, 4) is 0 Å². The highest BCUT2D eigenvalue weighted by Crippen LogP contribution is 2.20. The van der Waals surface area contributed by atoms with Crippen LogP contribution in [0.5, 0.6) is 0 Å². The molecule has 1 heterocycles. The molecule has 0 saturated carbocycles. The maximum absolute atomic E-state index is 13.1. The van der Waals surface area contributed by atoms with Gasteiger partial charge in [-0.15, -0.1) is 0 Å². The average molecular weight is 414 g/mol. The van der Waals surface area contributed by atoms with Crippen molar-refractivity contribution in [2.75, 3.05) is 6.54 Å². The van der Waals surface area contributed by atoms with Crippen LogP contribution in [0, 0.1) is 5.92 Å². The van der Waals surface area contributed by atoms with Crippen LogP contribution in [0.25, 0.3) is 0 Å². The van der Waals surface area contributed by atoms with Gasteiger partial charge in [0, 0.05) is 6.54 Å². The minimum atomic E-state index is -1.30. The lowest BCUT2D eigenvalue weighted by atomic mass is 10.0. The van der Waals surface area contributed by atoms with E-state index in [2.05, 4.69) is 10.6 Å². The average Bonchev–Trinajstić information content (AvgIpc) is 3.08. The lowest BCUT2D eigenvalue weighted by Gasteiger charge is -2.30. The SMILES string of the molecule is CC(C)CC(NC(=O)C(N)CC(=O)O)C(=O)N1CCCC1C(=O)NC(C)C(=O)O. The molecule has 4 atom stereocenters. The first-order chi connectivity index (χ1) is 13.4. The lowest BCUT2D eigenvalue weighted by molar-refractivity contribution is -0.144. The van der Waals surface area contributed by atoms with Gasteiger partial charge in [-0.25, -0.2) is 0 Å². The van der Waals surface area contributed by atoms with Crippen molar-refractivity contribution in [1.29, 1.82) is 0 Å². The zero-order chi connectivity index (χ0) is 22.3. The maximum Gasteiger partial charge on any atom is 0.325 e. The number of likely N-dealkylation sites (tertiary alicyclic amines) is 1. The van der Waals surface area contributed by atoms with E-state index < -0.39 is 60.2 Å². The normalized spacial score (nSPS) is 19.3. The van der Waals surface area contributed by atoms with E-state index >= 15 is 0 Å². The summed E-state index contributed by atoms with van der Waals surface area (Å²) in [5.41, 5.74) is 5.57. The standard InChI is InChI=1S/C18H30N4O7/c1-9(2)7-12(21-15(25)11(19)8-14(23)24)17(27)22-6-4-5-13(22)16(26)20-10(3)18(28)29/h9-13H,4-8,19H2,1-3H3,(H,20,26)(H,21,25)(H,23,24)(H,28,29). The zero-order valence-electron chi connectivity index (χ0n) is 16.9. The molecule has 1 fully saturated rings. The van der Waals surface area contributed by atoms with Crippen LogP contribution in [0.3, 0.4) is 0 Å². The molecule has 3 amide bonds. The number of rotatable bonds is 10. The Kier molecular flexibility index (Phi) is 9.02. The quantitative estimate of drug-likeness (QED) is 0.299. The number of carbonyl (C=O) groups is 5. The summed E-state index contributed by atoms with van der Waals surface area (Å²) in [6, 6.07) is -4.19. The van der Waals surface area contributed by atoms with Gasteiger partial charge < -0.3 is 31.5 Å². The topological polar surface area (TPSA) is 179 Å². The van der Waals surface area contributed by atoms with Gasteiger partial charge in [-0.3, -0.25) is 24.0 Å². The van der Waals surface area contributed by atoms with Crippen LogP contribution in [0.2, 0.25) is 0 Å². The summed E-state index contributed by atoms with van der Waals surface area (Å²) >= 11 is 0. The Morgan fingerprint density at radius 2 is 1.72 bits per heavy atom. The van der Waals surface area contributed by atoms with E-state index in [1.807, 2.05) is 13.8 Å². The second-order valence-corrected chi connectivity index (χ2v) is 7.65. The van der Waals surface area contributed by atoms with Crippen molar-refractivity contribution < 1.29 is 34.2 Å². The molecule has 0 spiro atoms. The molecular formula is C18H30N4O7. The van der Waals surface area contributed by atoms with Crippen LogP contribution in [0.4, 0.5) is 0 Å². The molecule has 29 heavy (non-hydrogen) atoms. The summed E-state index contributed by atoms with van der Waals surface area (Å²) in [5, 5.41) is 22.6. The summed E-state index contributed by atoms with van der Waals surface area (Å²) in [4.78, 5) is 60.7. The summed E-state index contributed by atoms with van der Waals surface area (Å²) in [6.07, 6.45) is 0.647. The van der Waals surface area contributed by atoms with E-state index in [0.717, 1.165) is 0 Å². The van der Waals surface area contributed by atoms with Gasteiger partial charge in [-0.1, -0.05) is 13.8 Å². The van der Waals surface area contributed by atoms with Gasteiger partial charge in [-0.2, -0.15) is 0 Å². The highest BCUT2D eigenvalue weighted by atomic mass is 16.4. The van der Waals surface area contributed by atoms with Crippen LogP contribution in [0.1, 0.15) is 46.5 Å². The smallest absolute Gasteiger partial charge is 0.325 e. The fourth-order valence-electron chi connectivity index (χ4n) is 3.13. The monoisotopic (exact) mass is 414 g/mol. The molecule has 1 rings (SSSR count). The minimum absolute atomic E-state index is 0.0295. The number of amides is 3. The minimum Gasteiger partial charge on any atom is -0.481 e. The Morgan fingerprint density at radius 1 is 1.10 bits per heavy atom. The predicted octanol–water partition coefficient (Wildman–Crippen LogP) is -1.10. The fraction of sp³-hybridized carbons (Fsp3) is 0.722. The number of nitrogens with two attached hydrogens (primary N) is 1. The number of carboxylic acids is 2. The molecule has 4 unspecified atom stereocenters. The van der Waals surface area contributed by atoms with Crippen LogP contribution in [-0.4, -0.2) is 75.5 Å². The van der Waals surface area contributed by atoms with Crippen LogP contribution >= 0.6 is 0 Å². The summed E-state index contributed by atoms with van der Waals surface area (Å²) < 4.78 is 0. The van der Waals surface area contributed by atoms with E-state index in [-0.39, 0.29) is 12.3 Å². The van der Waals surface area contributed by atoms with Gasteiger partial charge in [0.05, 0.1) is 12.5 Å². The Balaban J connectivity index is 2.91. The third kappa shape index (κ3) is 7.33. The molecule has 0 aliphatic carbocycles. The van der Waals surface area contributed by atoms with E-state index in [1.54, 1.807) is 0 Å². The number of nitrogens with one attached hydrogen (secondary N) is 2. The number of hydrogen-bond donors (Lipinski definition) is 5. The van der Waals surface area contributed by atoms with Crippen LogP contribution in [-0.2, 0) is 24.0 Å². The highest BCUT2D eigenvalue weighted by molar-refractivity contribution is 5.95. The second-order valence-electron chi connectivity index (χ2n) is 7.65.